The van der Waals surface area contributed by atoms with Gasteiger partial charge in [-0.3, -0.25) is 23.8 Å². The largest absolute Gasteiger partial charge is 0.454 e. The number of carbonyl (C=O) groups excluding carboxylic acids is 1. The number of ether oxygens (including phenoxy) is 2. The molecule has 38 heavy (non-hydrogen) atoms. The molecule has 0 bridgehead atoms. The number of hydrogen-bond acceptors (Lipinski definition) is 9. The van der Waals surface area contributed by atoms with Crippen LogP contribution in [0, 0.1) is 0 Å². The van der Waals surface area contributed by atoms with Crippen LogP contribution in [0.2, 0.25) is 0 Å². The van der Waals surface area contributed by atoms with E-state index >= 15 is 0 Å². The minimum absolute atomic E-state index is 0.220. The van der Waals surface area contributed by atoms with Gasteiger partial charge in [-0.1, -0.05) is 42.2 Å². The van der Waals surface area contributed by atoms with E-state index in [1.54, 1.807) is 24.4 Å². The summed E-state index contributed by atoms with van der Waals surface area (Å²) in [4.78, 5) is 37.9. The van der Waals surface area contributed by atoms with Gasteiger partial charge in [0.2, 0.25) is 6.79 Å². The van der Waals surface area contributed by atoms with Crippen LogP contribution in [-0.2, 0) is 11.3 Å². The number of hydrogen-bond donors (Lipinski definition) is 0. The van der Waals surface area contributed by atoms with Gasteiger partial charge in [0.15, 0.2) is 11.5 Å². The first-order valence-electron chi connectivity index (χ1n) is 12.3. The highest BCUT2D eigenvalue weighted by atomic mass is 32.2. The third-order valence-corrected chi connectivity index (χ3v) is 8.10. The minimum atomic E-state index is -0.225. The maximum absolute atomic E-state index is 13.6. The first-order valence-corrected chi connectivity index (χ1v) is 13.5. The quantitative estimate of drug-likeness (QED) is 0.263. The molecule has 1 aromatic carbocycles. The summed E-state index contributed by atoms with van der Waals surface area (Å²) >= 11 is 6.58. The van der Waals surface area contributed by atoms with Gasteiger partial charge in [0.05, 0.1) is 10.5 Å². The summed E-state index contributed by atoms with van der Waals surface area (Å²) in [6, 6.07) is 11.5. The monoisotopic (exact) mass is 547 g/mol. The summed E-state index contributed by atoms with van der Waals surface area (Å²) in [5, 5.41) is 0. The number of thiocarbonyl (C=S) groups is 1. The molecule has 0 saturated carbocycles. The average molecular weight is 548 g/mol. The number of benzene rings is 1. The molecule has 2 aromatic heterocycles. The standard InChI is InChI=1S/C27H25N5O4S2/c1-2-8-32-26(34)22(38-27(32)37)15-19-24(28-23-5-3-4-9-31(23)25(19)33)30-12-10-29(11-13-30)16-18-6-7-20-21(14-18)36-17-35-20/h2-7,9,14-15H,1,8,10-13,16-17H2/b22-15+. The molecule has 2 saturated heterocycles. The Morgan fingerprint density at radius 2 is 1.89 bits per heavy atom. The number of piperazine rings is 1. The molecule has 0 atom stereocenters. The molecule has 0 spiro atoms. The average Bonchev–Trinajstić information content (AvgIpc) is 3.50. The number of anilines is 1. The SMILES string of the molecule is C=CCN1C(=O)/C(=C\c2c(N3CCN(Cc4ccc5c(c4)OCO5)CC3)nc3ccccn3c2=O)SC1=S. The van der Waals surface area contributed by atoms with Crippen LogP contribution < -0.4 is 19.9 Å². The van der Waals surface area contributed by atoms with E-state index in [1.165, 1.54) is 21.1 Å². The van der Waals surface area contributed by atoms with Crippen molar-refractivity contribution in [3.63, 3.8) is 0 Å². The summed E-state index contributed by atoms with van der Waals surface area (Å²) in [5.74, 6) is 1.92. The third kappa shape index (κ3) is 4.57. The van der Waals surface area contributed by atoms with E-state index in [1.807, 2.05) is 24.3 Å². The van der Waals surface area contributed by atoms with E-state index in [0.717, 1.165) is 36.7 Å². The number of nitrogens with zero attached hydrogens (tertiary/aromatic N) is 5. The summed E-state index contributed by atoms with van der Waals surface area (Å²) in [7, 11) is 0. The minimum Gasteiger partial charge on any atom is -0.454 e. The molecule has 194 valence electrons. The molecule has 5 heterocycles. The van der Waals surface area contributed by atoms with Crippen molar-refractivity contribution in [1.29, 1.82) is 0 Å². The van der Waals surface area contributed by atoms with E-state index in [2.05, 4.69) is 22.4 Å². The zero-order valence-corrected chi connectivity index (χ0v) is 22.2. The van der Waals surface area contributed by atoms with Gasteiger partial charge in [-0.05, 0) is 35.9 Å². The van der Waals surface area contributed by atoms with Crippen molar-refractivity contribution in [1.82, 2.24) is 19.2 Å². The Balaban J connectivity index is 1.27. The molecule has 9 nitrogen and oxygen atoms in total. The molecular weight excluding hydrogens is 522 g/mol. The summed E-state index contributed by atoms with van der Waals surface area (Å²) in [6.07, 6.45) is 4.97. The highest BCUT2D eigenvalue weighted by Crippen LogP contribution is 2.34. The molecule has 0 radical (unpaired) electrons. The topological polar surface area (TPSA) is 79.6 Å². The predicted octanol–water partition coefficient (Wildman–Crippen LogP) is 3.13. The molecular formula is C27H25N5O4S2. The van der Waals surface area contributed by atoms with Gasteiger partial charge in [0.1, 0.15) is 15.8 Å². The molecule has 3 aliphatic heterocycles. The van der Waals surface area contributed by atoms with E-state index in [4.69, 9.17) is 26.7 Å². The van der Waals surface area contributed by atoms with Crippen LogP contribution in [0.3, 0.4) is 0 Å². The zero-order valence-electron chi connectivity index (χ0n) is 20.5. The molecule has 6 rings (SSSR count). The smallest absolute Gasteiger partial charge is 0.267 e. The van der Waals surface area contributed by atoms with Crippen molar-refractivity contribution in [3.8, 4) is 11.5 Å². The molecule has 0 unspecified atom stereocenters. The van der Waals surface area contributed by atoms with Crippen LogP contribution in [0.1, 0.15) is 11.1 Å². The number of pyridine rings is 1. The van der Waals surface area contributed by atoms with Gasteiger partial charge in [-0.25, -0.2) is 4.98 Å². The molecule has 11 heteroatoms. The second-order valence-electron chi connectivity index (χ2n) is 9.11. The normalized spacial score (nSPS) is 18.7. The second kappa shape index (κ2) is 10.2. The number of thioether (sulfide) groups is 1. The second-order valence-corrected chi connectivity index (χ2v) is 10.8. The van der Waals surface area contributed by atoms with Gasteiger partial charge in [-0.2, -0.15) is 0 Å². The van der Waals surface area contributed by atoms with Crippen LogP contribution in [0.25, 0.3) is 11.7 Å². The van der Waals surface area contributed by atoms with Crippen molar-refractivity contribution in [2.45, 2.75) is 6.54 Å². The Labute approximate surface area is 228 Å². The third-order valence-electron chi connectivity index (χ3n) is 6.72. The Bertz CT molecular complexity index is 1540. The molecule has 0 N–H and O–H groups in total. The Morgan fingerprint density at radius 3 is 2.71 bits per heavy atom. The molecule has 3 aliphatic rings. The van der Waals surface area contributed by atoms with Crippen LogP contribution in [0.4, 0.5) is 5.82 Å². The van der Waals surface area contributed by atoms with Crippen LogP contribution in [0.15, 0.2) is 64.9 Å². The summed E-state index contributed by atoms with van der Waals surface area (Å²) < 4.78 is 12.9. The lowest BCUT2D eigenvalue weighted by atomic mass is 10.1. The van der Waals surface area contributed by atoms with Crippen LogP contribution in [-0.4, -0.2) is 68.9 Å². The van der Waals surface area contributed by atoms with E-state index in [0.29, 0.717) is 45.9 Å². The predicted molar refractivity (Wildman–Crippen MR) is 152 cm³/mol. The highest BCUT2D eigenvalue weighted by molar-refractivity contribution is 8.26. The lowest BCUT2D eigenvalue weighted by molar-refractivity contribution is -0.121. The van der Waals surface area contributed by atoms with Gasteiger partial charge >= 0.3 is 0 Å². The Morgan fingerprint density at radius 1 is 1.08 bits per heavy atom. The fraction of sp³-hybridized carbons (Fsp3) is 0.259. The van der Waals surface area contributed by atoms with Gasteiger partial charge < -0.3 is 14.4 Å². The van der Waals surface area contributed by atoms with Crippen molar-refractivity contribution >= 4 is 51.7 Å². The van der Waals surface area contributed by atoms with Crippen molar-refractivity contribution in [3.05, 3.63) is 81.6 Å². The van der Waals surface area contributed by atoms with E-state index in [9.17, 15) is 9.59 Å². The number of rotatable bonds is 6. The Hall–Kier alpha value is -3.67. The zero-order chi connectivity index (χ0) is 26.2. The van der Waals surface area contributed by atoms with Crippen LogP contribution in [0.5, 0.6) is 11.5 Å². The number of carbonyl (C=O) groups is 1. The number of aromatic nitrogens is 2. The van der Waals surface area contributed by atoms with E-state index < -0.39 is 0 Å². The first-order chi connectivity index (χ1) is 18.5. The van der Waals surface area contributed by atoms with Crippen molar-refractivity contribution in [2.24, 2.45) is 0 Å². The number of fused-ring (bicyclic) bond motifs is 2. The number of amides is 1. The first kappa shape index (κ1) is 24.7. The van der Waals surface area contributed by atoms with Gasteiger partial charge in [0.25, 0.3) is 11.5 Å². The Kier molecular flexibility index (Phi) is 6.64. The maximum Gasteiger partial charge on any atom is 0.267 e. The molecule has 3 aromatic rings. The van der Waals surface area contributed by atoms with E-state index in [-0.39, 0.29) is 18.3 Å². The van der Waals surface area contributed by atoms with Crippen LogP contribution >= 0.6 is 24.0 Å². The fourth-order valence-corrected chi connectivity index (χ4v) is 6.05. The van der Waals surface area contributed by atoms with Gasteiger partial charge in [0, 0.05) is 45.5 Å². The van der Waals surface area contributed by atoms with Crippen molar-refractivity contribution < 1.29 is 14.3 Å². The molecule has 0 aliphatic carbocycles. The summed E-state index contributed by atoms with van der Waals surface area (Å²) in [6.45, 7) is 8.06. The molecule has 2 fully saturated rings. The summed E-state index contributed by atoms with van der Waals surface area (Å²) in [5.41, 5.74) is 1.89. The van der Waals surface area contributed by atoms with Gasteiger partial charge in [-0.15, -0.1) is 6.58 Å². The lowest BCUT2D eigenvalue weighted by Gasteiger charge is -2.36. The van der Waals surface area contributed by atoms with Crippen molar-refractivity contribution in [2.75, 3.05) is 44.4 Å². The molecule has 1 amide bonds. The lowest BCUT2D eigenvalue weighted by Crippen LogP contribution is -2.47. The fourth-order valence-electron chi connectivity index (χ4n) is 4.79. The highest BCUT2D eigenvalue weighted by Gasteiger charge is 2.32. The maximum atomic E-state index is 13.6.